The highest BCUT2D eigenvalue weighted by Crippen LogP contribution is 2.23. The van der Waals surface area contributed by atoms with Gasteiger partial charge in [-0.3, -0.25) is 4.98 Å². The first-order valence-corrected chi connectivity index (χ1v) is 4.37. The molecule has 4 heteroatoms. The Morgan fingerprint density at radius 3 is 2.93 bits per heavy atom. The van der Waals surface area contributed by atoms with E-state index in [4.69, 9.17) is 0 Å². The van der Waals surface area contributed by atoms with Gasteiger partial charge in [0, 0.05) is 17.0 Å². The van der Waals surface area contributed by atoms with Gasteiger partial charge in [-0.25, -0.2) is 4.79 Å². The van der Waals surface area contributed by atoms with E-state index in [-0.39, 0.29) is 5.75 Å². The van der Waals surface area contributed by atoms with Crippen LogP contribution in [0.25, 0.3) is 10.8 Å². The van der Waals surface area contributed by atoms with Gasteiger partial charge in [-0.15, -0.1) is 0 Å². The smallest absolute Gasteiger partial charge is 0.337 e. The van der Waals surface area contributed by atoms with Crippen LogP contribution < -0.4 is 0 Å². The third-order valence-corrected chi connectivity index (χ3v) is 2.16. The van der Waals surface area contributed by atoms with E-state index in [2.05, 4.69) is 9.72 Å². The van der Waals surface area contributed by atoms with Crippen LogP contribution in [-0.2, 0) is 4.74 Å². The Morgan fingerprint density at radius 2 is 2.20 bits per heavy atom. The molecule has 15 heavy (non-hydrogen) atoms. The predicted molar refractivity (Wildman–Crippen MR) is 54.7 cm³/mol. The second kappa shape index (κ2) is 3.57. The Morgan fingerprint density at radius 1 is 1.40 bits per heavy atom. The van der Waals surface area contributed by atoms with E-state index in [1.165, 1.54) is 13.3 Å². The van der Waals surface area contributed by atoms with Crippen LogP contribution >= 0.6 is 0 Å². The van der Waals surface area contributed by atoms with Crippen molar-refractivity contribution in [1.29, 1.82) is 0 Å². The van der Waals surface area contributed by atoms with Gasteiger partial charge in [0.15, 0.2) is 0 Å². The van der Waals surface area contributed by atoms with Crippen LogP contribution in [0.3, 0.4) is 0 Å². The summed E-state index contributed by atoms with van der Waals surface area (Å²) in [6, 6.07) is 4.90. The van der Waals surface area contributed by atoms with Gasteiger partial charge in [-0.05, 0) is 18.2 Å². The lowest BCUT2D eigenvalue weighted by atomic mass is 10.1. The summed E-state index contributed by atoms with van der Waals surface area (Å²) in [5, 5.41) is 10.9. The van der Waals surface area contributed by atoms with Gasteiger partial charge in [0.05, 0.1) is 18.9 Å². The minimum atomic E-state index is -0.403. The number of rotatable bonds is 1. The topological polar surface area (TPSA) is 59.4 Å². The number of ether oxygens (including phenoxy) is 1. The average molecular weight is 203 g/mol. The molecule has 0 radical (unpaired) electrons. The fourth-order valence-corrected chi connectivity index (χ4v) is 1.41. The summed E-state index contributed by atoms with van der Waals surface area (Å²) in [6.07, 6.45) is 2.95. The molecule has 0 aliphatic carbocycles. The summed E-state index contributed by atoms with van der Waals surface area (Å²) >= 11 is 0. The number of hydrogen-bond acceptors (Lipinski definition) is 4. The molecule has 4 nitrogen and oxygen atoms in total. The summed E-state index contributed by atoms with van der Waals surface area (Å²) in [6.45, 7) is 0. The fraction of sp³-hybridized carbons (Fsp3) is 0.0909. The monoisotopic (exact) mass is 203 g/mol. The van der Waals surface area contributed by atoms with E-state index in [9.17, 15) is 9.90 Å². The van der Waals surface area contributed by atoms with Crippen LogP contribution in [0.15, 0.2) is 30.6 Å². The molecule has 0 unspecified atom stereocenters. The molecule has 0 amide bonds. The van der Waals surface area contributed by atoms with Crippen molar-refractivity contribution in [2.45, 2.75) is 0 Å². The molecule has 0 spiro atoms. The number of nitrogens with zero attached hydrogens (tertiary/aromatic N) is 1. The molecule has 1 heterocycles. The maximum Gasteiger partial charge on any atom is 0.337 e. The molecule has 2 aromatic rings. The molecule has 0 saturated heterocycles. The van der Waals surface area contributed by atoms with Crippen molar-refractivity contribution in [1.82, 2.24) is 4.98 Å². The van der Waals surface area contributed by atoms with Crippen LogP contribution in [0.4, 0.5) is 0 Å². The SMILES string of the molecule is COC(=O)c1ccc2c(O)cncc2c1. The highest BCUT2D eigenvalue weighted by atomic mass is 16.5. The molecule has 0 fully saturated rings. The predicted octanol–water partition coefficient (Wildman–Crippen LogP) is 1.73. The second-order valence-corrected chi connectivity index (χ2v) is 3.09. The van der Waals surface area contributed by atoms with Crippen LogP contribution in [0.1, 0.15) is 10.4 Å². The Bertz CT molecular complexity index is 522. The van der Waals surface area contributed by atoms with E-state index in [1.807, 2.05) is 0 Å². The van der Waals surface area contributed by atoms with Crippen molar-refractivity contribution in [3.05, 3.63) is 36.2 Å². The largest absolute Gasteiger partial charge is 0.506 e. The molecular formula is C11H9NO3. The van der Waals surface area contributed by atoms with Crippen LogP contribution in [0, 0.1) is 0 Å². The first-order valence-electron chi connectivity index (χ1n) is 4.37. The summed E-state index contributed by atoms with van der Waals surface area (Å²) in [5.74, 6) is -0.302. The zero-order valence-corrected chi connectivity index (χ0v) is 8.10. The Hall–Kier alpha value is -2.10. The van der Waals surface area contributed by atoms with E-state index in [0.717, 1.165) is 0 Å². The minimum Gasteiger partial charge on any atom is -0.506 e. The first kappa shape index (κ1) is 9.45. The third kappa shape index (κ3) is 1.61. The van der Waals surface area contributed by atoms with E-state index in [0.29, 0.717) is 16.3 Å². The number of fused-ring (bicyclic) bond motifs is 1. The van der Waals surface area contributed by atoms with Gasteiger partial charge in [0.1, 0.15) is 5.75 Å². The molecule has 0 bridgehead atoms. The lowest BCUT2D eigenvalue weighted by Crippen LogP contribution is -2.00. The van der Waals surface area contributed by atoms with Gasteiger partial charge in [-0.1, -0.05) is 0 Å². The van der Waals surface area contributed by atoms with Crippen molar-refractivity contribution in [3.8, 4) is 5.75 Å². The number of hydrogen-bond donors (Lipinski definition) is 1. The summed E-state index contributed by atoms with van der Waals surface area (Å²) in [4.78, 5) is 15.1. The molecule has 1 aromatic carbocycles. The van der Waals surface area contributed by atoms with Crippen LogP contribution in [-0.4, -0.2) is 23.2 Å². The van der Waals surface area contributed by atoms with Crippen LogP contribution in [0.5, 0.6) is 5.75 Å². The minimum absolute atomic E-state index is 0.101. The lowest BCUT2D eigenvalue weighted by molar-refractivity contribution is 0.0601. The highest BCUT2D eigenvalue weighted by Gasteiger charge is 2.07. The second-order valence-electron chi connectivity index (χ2n) is 3.09. The number of pyridine rings is 1. The molecule has 2 rings (SSSR count). The van der Waals surface area contributed by atoms with Gasteiger partial charge >= 0.3 is 5.97 Å². The Labute approximate surface area is 86.1 Å². The molecule has 1 aromatic heterocycles. The zero-order valence-electron chi connectivity index (χ0n) is 8.10. The van der Waals surface area contributed by atoms with Gasteiger partial charge in [0.25, 0.3) is 0 Å². The number of esters is 1. The third-order valence-electron chi connectivity index (χ3n) is 2.16. The Balaban J connectivity index is 2.62. The van der Waals surface area contributed by atoms with Gasteiger partial charge in [0.2, 0.25) is 0 Å². The number of methoxy groups -OCH3 is 1. The van der Waals surface area contributed by atoms with E-state index in [1.54, 1.807) is 24.4 Å². The van der Waals surface area contributed by atoms with Crippen molar-refractivity contribution in [2.24, 2.45) is 0 Å². The molecular weight excluding hydrogens is 194 g/mol. The van der Waals surface area contributed by atoms with Gasteiger partial charge in [-0.2, -0.15) is 0 Å². The zero-order chi connectivity index (χ0) is 10.8. The number of carbonyl (C=O) groups is 1. The Kier molecular flexibility index (Phi) is 2.25. The lowest BCUT2D eigenvalue weighted by Gasteiger charge is -2.02. The van der Waals surface area contributed by atoms with Crippen molar-refractivity contribution in [2.75, 3.05) is 7.11 Å². The summed E-state index contributed by atoms with van der Waals surface area (Å²) in [7, 11) is 1.33. The van der Waals surface area contributed by atoms with Crippen molar-refractivity contribution < 1.29 is 14.6 Å². The summed E-state index contributed by atoms with van der Waals surface area (Å²) < 4.78 is 4.59. The summed E-state index contributed by atoms with van der Waals surface area (Å²) in [5.41, 5.74) is 0.442. The molecule has 0 atom stereocenters. The van der Waals surface area contributed by atoms with Crippen molar-refractivity contribution >= 4 is 16.7 Å². The number of aromatic nitrogens is 1. The first-order chi connectivity index (χ1) is 7.22. The number of aromatic hydroxyl groups is 1. The fourth-order valence-electron chi connectivity index (χ4n) is 1.41. The number of carbonyl (C=O) groups excluding carboxylic acids is 1. The number of benzene rings is 1. The average Bonchev–Trinajstić information content (AvgIpc) is 2.28. The highest BCUT2D eigenvalue weighted by molar-refractivity contribution is 5.96. The molecule has 0 aliphatic heterocycles. The molecule has 1 N–H and O–H groups in total. The standard InChI is InChI=1S/C11H9NO3/c1-15-11(14)7-2-3-9-8(4-7)5-12-6-10(9)13/h2-6,13H,1H3. The van der Waals surface area contributed by atoms with E-state index >= 15 is 0 Å². The van der Waals surface area contributed by atoms with Crippen molar-refractivity contribution in [3.63, 3.8) is 0 Å². The maximum atomic E-state index is 11.2. The van der Waals surface area contributed by atoms with Gasteiger partial charge < -0.3 is 9.84 Å². The maximum absolute atomic E-state index is 11.2. The molecule has 0 aliphatic rings. The molecule has 76 valence electrons. The molecule has 0 saturated carbocycles. The van der Waals surface area contributed by atoms with Crippen LogP contribution in [0.2, 0.25) is 0 Å². The van der Waals surface area contributed by atoms with E-state index < -0.39 is 5.97 Å². The normalized spacial score (nSPS) is 10.2. The quantitative estimate of drug-likeness (QED) is 0.717.